The molecule has 0 radical (unpaired) electrons. The van der Waals surface area contributed by atoms with Crippen molar-refractivity contribution in [3.8, 4) is 0 Å². The highest BCUT2D eigenvalue weighted by molar-refractivity contribution is 9.10. The fraction of sp³-hybridized carbons (Fsp3) is 0.462. The van der Waals surface area contributed by atoms with Crippen LogP contribution in [0.1, 0.15) is 15.9 Å². The topological polar surface area (TPSA) is 74.7 Å². The van der Waals surface area contributed by atoms with Gasteiger partial charge in [0, 0.05) is 35.3 Å². The average molecular weight is 394 g/mol. The Kier molecular flexibility index (Phi) is 5.34. The van der Waals surface area contributed by atoms with Gasteiger partial charge in [0.25, 0.3) is 0 Å². The van der Waals surface area contributed by atoms with Crippen LogP contribution in [-0.2, 0) is 16.4 Å². The Labute approximate surface area is 136 Å². The van der Waals surface area contributed by atoms with Crippen molar-refractivity contribution >= 4 is 43.5 Å². The predicted octanol–water partition coefficient (Wildman–Crippen LogP) is 2.07. The molecule has 21 heavy (non-hydrogen) atoms. The molecule has 1 fully saturated rings. The summed E-state index contributed by atoms with van der Waals surface area (Å²) in [4.78, 5) is 12.9. The molecule has 1 aliphatic rings. The van der Waals surface area contributed by atoms with E-state index in [0.29, 0.717) is 23.3 Å². The first-order valence-corrected chi connectivity index (χ1v) is 10.2. The molecule has 1 atom stereocenters. The number of halogens is 1. The number of carbonyl (C=O) groups is 1. The molecule has 1 aromatic rings. The minimum Gasteiger partial charge on any atom is -0.478 e. The van der Waals surface area contributed by atoms with Gasteiger partial charge in [0.2, 0.25) is 0 Å². The maximum absolute atomic E-state index is 11.9. The molecule has 1 saturated heterocycles. The van der Waals surface area contributed by atoms with E-state index in [4.69, 9.17) is 5.11 Å². The minimum absolute atomic E-state index is 0.208. The van der Waals surface area contributed by atoms with Crippen molar-refractivity contribution in [2.45, 2.75) is 11.9 Å². The molecule has 0 saturated carbocycles. The van der Waals surface area contributed by atoms with E-state index in [1.54, 1.807) is 23.9 Å². The predicted molar refractivity (Wildman–Crippen MR) is 87.5 cm³/mol. The maximum Gasteiger partial charge on any atom is 0.335 e. The van der Waals surface area contributed by atoms with Crippen LogP contribution in [0.2, 0.25) is 0 Å². The van der Waals surface area contributed by atoms with Crippen LogP contribution >= 0.6 is 27.7 Å². The van der Waals surface area contributed by atoms with Gasteiger partial charge in [-0.1, -0.05) is 22.0 Å². The molecular weight excluding hydrogens is 378 g/mol. The highest BCUT2D eigenvalue weighted by Gasteiger charge is 2.31. The average Bonchev–Trinajstić information content (AvgIpc) is 2.40. The summed E-state index contributed by atoms with van der Waals surface area (Å²) < 4.78 is 24.4. The van der Waals surface area contributed by atoms with E-state index >= 15 is 0 Å². The Morgan fingerprint density at radius 1 is 1.52 bits per heavy atom. The van der Waals surface area contributed by atoms with Crippen LogP contribution in [0.15, 0.2) is 22.7 Å². The Hall–Kier alpha value is -0.570. The van der Waals surface area contributed by atoms with Crippen molar-refractivity contribution in [3.63, 3.8) is 0 Å². The summed E-state index contributed by atoms with van der Waals surface area (Å²) in [5.41, 5.74) is 1.10. The Bertz CT molecular complexity index is 648. The third-order valence-corrected chi connectivity index (χ3v) is 6.78. The fourth-order valence-corrected chi connectivity index (χ4v) is 5.66. The van der Waals surface area contributed by atoms with Gasteiger partial charge >= 0.3 is 5.97 Å². The molecular formula is C13H16BrNO4S2. The summed E-state index contributed by atoms with van der Waals surface area (Å²) in [6.45, 7) is 1.19. The minimum atomic E-state index is -3.13. The first kappa shape index (κ1) is 16.8. The molecule has 1 aliphatic heterocycles. The summed E-state index contributed by atoms with van der Waals surface area (Å²) in [7, 11) is -3.13. The van der Waals surface area contributed by atoms with E-state index in [9.17, 15) is 13.2 Å². The zero-order valence-electron chi connectivity index (χ0n) is 11.5. The molecule has 2 rings (SSSR count). The van der Waals surface area contributed by atoms with Crippen LogP contribution < -0.4 is 0 Å². The van der Waals surface area contributed by atoms with E-state index in [1.165, 1.54) is 12.3 Å². The largest absolute Gasteiger partial charge is 0.478 e. The van der Waals surface area contributed by atoms with Crippen molar-refractivity contribution in [2.24, 2.45) is 0 Å². The molecule has 8 heteroatoms. The zero-order chi connectivity index (χ0) is 15.6. The van der Waals surface area contributed by atoms with E-state index in [-0.39, 0.29) is 5.56 Å². The van der Waals surface area contributed by atoms with Gasteiger partial charge in [0.05, 0.1) is 5.56 Å². The summed E-state index contributed by atoms with van der Waals surface area (Å²) in [5, 5.41) is 8.47. The second-order valence-corrected chi connectivity index (χ2v) is 9.15. The van der Waals surface area contributed by atoms with E-state index in [2.05, 4.69) is 15.9 Å². The van der Waals surface area contributed by atoms with E-state index in [0.717, 1.165) is 11.3 Å². The number of sulfone groups is 1. The van der Waals surface area contributed by atoms with Gasteiger partial charge in [0.1, 0.15) is 5.37 Å². The first-order valence-electron chi connectivity index (χ1n) is 6.31. The van der Waals surface area contributed by atoms with E-state index in [1.807, 2.05) is 4.90 Å². The van der Waals surface area contributed by atoms with Gasteiger partial charge in [-0.2, -0.15) is 11.8 Å². The molecule has 0 amide bonds. The number of benzene rings is 1. The van der Waals surface area contributed by atoms with Crippen LogP contribution in [0.25, 0.3) is 0 Å². The lowest BCUT2D eigenvalue weighted by atomic mass is 10.1. The summed E-state index contributed by atoms with van der Waals surface area (Å²) in [6, 6.07) is 4.82. The molecule has 0 aromatic heterocycles. The first-order chi connectivity index (χ1) is 9.79. The van der Waals surface area contributed by atoms with Crippen molar-refractivity contribution in [1.82, 2.24) is 4.90 Å². The Morgan fingerprint density at radius 2 is 2.24 bits per heavy atom. The lowest BCUT2D eigenvalue weighted by Crippen LogP contribution is -2.46. The SMILES string of the molecule is CS(=O)(=O)C1CSCCN1Cc1ccc(C(=O)O)cc1Br. The summed E-state index contributed by atoms with van der Waals surface area (Å²) in [6.07, 6.45) is 1.26. The number of rotatable bonds is 4. The van der Waals surface area contributed by atoms with Crippen molar-refractivity contribution in [2.75, 3.05) is 24.3 Å². The Morgan fingerprint density at radius 3 is 2.81 bits per heavy atom. The van der Waals surface area contributed by atoms with Gasteiger partial charge in [-0.05, 0) is 17.7 Å². The molecule has 0 bridgehead atoms. The number of carboxylic acids is 1. The molecule has 1 unspecified atom stereocenters. The number of aromatic carboxylic acids is 1. The Balaban J connectivity index is 2.22. The molecule has 0 aliphatic carbocycles. The summed E-state index contributed by atoms with van der Waals surface area (Å²) in [5.74, 6) is 0.492. The summed E-state index contributed by atoms with van der Waals surface area (Å²) >= 11 is 5.01. The zero-order valence-corrected chi connectivity index (χ0v) is 14.7. The van der Waals surface area contributed by atoms with Gasteiger partial charge in [0.15, 0.2) is 9.84 Å². The molecule has 0 spiro atoms. The molecule has 1 heterocycles. The van der Waals surface area contributed by atoms with Crippen molar-refractivity contribution < 1.29 is 18.3 Å². The lowest BCUT2D eigenvalue weighted by molar-refractivity contribution is 0.0696. The maximum atomic E-state index is 11.9. The molecule has 116 valence electrons. The third kappa shape index (κ3) is 4.21. The quantitative estimate of drug-likeness (QED) is 0.843. The number of nitrogens with zero attached hydrogens (tertiary/aromatic N) is 1. The smallest absolute Gasteiger partial charge is 0.335 e. The molecule has 1 aromatic carbocycles. The molecule has 5 nitrogen and oxygen atoms in total. The van der Waals surface area contributed by atoms with Crippen LogP contribution in [0, 0.1) is 0 Å². The second-order valence-electron chi connectivity index (χ2n) is 4.94. The van der Waals surface area contributed by atoms with Crippen LogP contribution in [0.4, 0.5) is 0 Å². The van der Waals surface area contributed by atoms with Crippen LogP contribution in [0.3, 0.4) is 0 Å². The van der Waals surface area contributed by atoms with Crippen molar-refractivity contribution in [3.05, 3.63) is 33.8 Å². The van der Waals surface area contributed by atoms with Gasteiger partial charge in [-0.15, -0.1) is 0 Å². The number of hydrogen-bond acceptors (Lipinski definition) is 5. The number of hydrogen-bond donors (Lipinski definition) is 1. The van der Waals surface area contributed by atoms with Crippen LogP contribution in [0.5, 0.6) is 0 Å². The third-order valence-electron chi connectivity index (χ3n) is 3.36. The van der Waals surface area contributed by atoms with Gasteiger partial charge < -0.3 is 5.11 Å². The normalized spacial score (nSPS) is 20.4. The number of carboxylic acid groups (broad SMARTS) is 1. The number of thioether (sulfide) groups is 1. The van der Waals surface area contributed by atoms with Gasteiger partial charge in [-0.3, -0.25) is 4.90 Å². The fourth-order valence-electron chi connectivity index (χ4n) is 2.22. The highest BCUT2D eigenvalue weighted by Crippen LogP contribution is 2.26. The van der Waals surface area contributed by atoms with Crippen LogP contribution in [-0.4, -0.2) is 54.1 Å². The van der Waals surface area contributed by atoms with E-state index < -0.39 is 21.2 Å². The standard InChI is InChI=1S/C13H16BrNO4S2/c1-21(18,19)12-8-20-5-4-15(12)7-10-3-2-9(13(16)17)6-11(10)14/h2-3,6,12H,4-5,7-8H2,1H3,(H,16,17). The molecule has 1 N–H and O–H groups in total. The monoisotopic (exact) mass is 393 g/mol. The second kappa shape index (κ2) is 6.68. The highest BCUT2D eigenvalue weighted by atomic mass is 79.9. The van der Waals surface area contributed by atoms with Crippen molar-refractivity contribution in [1.29, 1.82) is 0 Å². The lowest BCUT2D eigenvalue weighted by Gasteiger charge is -2.34. The van der Waals surface area contributed by atoms with Gasteiger partial charge in [-0.25, -0.2) is 13.2 Å².